The van der Waals surface area contributed by atoms with Crippen molar-refractivity contribution in [3.05, 3.63) is 15.8 Å². The summed E-state index contributed by atoms with van der Waals surface area (Å²) < 4.78 is 6.40. The van der Waals surface area contributed by atoms with Gasteiger partial charge in [0.25, 0.3) is 0 Å². The zero-order valence-corrected chi connectivity index (χ0v) is 9.90. The highest BCUT2D eigenvalue weighted by Crippen LogP contribution is 2.23. The van der Waals surface area contributed by atoms with E-state index in [9.17, 15) is 0 Å². The minimum Gasteiger partial charge on any atom is -0.382 e. The van der Waals surface area contributed by atoms with Crippen molar-refractivity contribution in [3.63, 3.8) is 0 Å². The molecule has 2 rings (SSSR count). The molecule has 2 N–H and O–H groups in total. The summed E-state index contributed by atoms with van der Waals surface area (Å²) in [5.74, 6) is 0.604. The number of halogens is 1. The topological polar surface area (TPSA) is 51.4 Å². The Hall–Kier alpha value is -0.560. The number of pyridine rings is 1. The second-order valence-corrected chi connectivity index (χ2v) is 4.40. The molecule has 2 heterocycles. The van der Waals surface area contributed by atoms with Gasteiger partial charge in [-0.15, -0.1) is 0 Å². The Labute approximate surface area is 96.6 Å². The maximum atomic E-state index is 5.82. The van der Waals surface area contributed by atoms with Crippen molar-refractivity contribution in [2.45, 2.75) is 0 Å². The molecule has 0 amide bonds. The molecular formula is C9H12IN3O. The third-order valence-electron chi connectivity index (χ3n) is 2.22. The Kier molecular flexibility index (Phi) is 3.07. The number of rotatable bonds is 1. The summed E-state index contributed by atoms with van der Waals surface area (Å²) in [7, 11) is 0. The van der Waals surface area contributed by atoms with E-state index in [-0.39, 0.29) is 0 Å². The van der Waals surface area contributed by atoms with Crippen LogP contribution in [0.5, 0.6) is 0 Å². The average Bonchev–Trinajstić information content (AvgIpc) is 2.23. The molecule has 0 radical (unpaired) electrons. The van der Waals surface area contributed by atoms with Gasteiger partial charge in [0.1, 0.15) is 5.82 Å². The van der Waals surface area contributed by atoms with Gasteiger partial charge in [-0.05, 0) is 28.7 Å². The van der Waals surface area contributed by atoms with Crippen LogP contribution in [0.15, 0.2) is 12.3 Å². The van der Waals surface area contributed by atoms with Crippen LogP contribution in [0.25, 0.3) is 0 Å². The van der Waals surface area contributed by atoms with E-state index in [1.165, 1.54) is 0 Å². The van der Waals surface area contributed by atoms with Gasteiger partial charge in [0, 0.05) is 22.9 Å². The molecular weight excluding hydrogens is 293 g/mol. The SMILES string of the molecule is Nc1ncc(I)cc1N1CCOCC1. The number of nitrogens with zero attached hydrogens (tertiary/aromatic N) is 2. The molecule has 1 saturated heterocycles. The van der Waals surface area contributed by atoms with Crippen molar-refractivity contribution in [2.75, 3.05) is 36.9 Å². The number of nitrogens with two attached hydrogens (primary N) is 1. The van der Waals surface area contributed by atoms with Gasteiger partial charge in [0.05, 0.1) is 18.9 Å². The number of ether oxygens (including phenoxy) is 1. The first-order valence-corrected chi connectivity index (χ1v) is 5.59. The van der Waals surface area contributed by atoms with Crippen LogP contribution >= 0.6 is 22.6 Å². The van der Waals surface area contributed by atoms with E-state index in [4.69, 9.17) is 10.5 Å². The van der Waals surface area contributed by atoms with Gasteiger partial charge in [-0.1, -0.05) is 0 Å². The maximum absolute atomic E-state index is 5.82. The van der Waals surface area contributed by atoms with Crippen molar-refractivity contribution in [2.24, 2.45) is 0 Å². The van der Waals surface area contributed by atoms with Crippen molar-refractivity contribution in [1.29, 1.82) is 0 Å². The first-order chi connectivity index (χ1) is 6.77. The molecule has 0 aliphatic carbocycles. The van der Waals surface area contributed by atoms with Crippen LogP contribution in [-0.2, 0) is 4.74 Å². The first-order valence-electron chi connectivity index (χ1n) is 4.51. The van der Waals surface area contributed by atoms with E-state index in [1.54, 1.807) is 6.20 Å². The maximum Gasteiger partial charge on any atom is 0.147 e. The number of hydrogen-bond donors (Lipinski definition) is 1. The van der Waals surface area contributed by atoms with Gasteiger partial charge in [0.15, 0.2) is 0 Å². The summed E-state index contributed by atoms with van der Waals surface area (Å²) in [5, 5.41) is 0. The lowest BCUT2D eigenvalue weighted by Gasteiger charge is -2.29. The highest BCUT2D eigenvalue weighted by atomic mass is 127. The summed E-state index contributed by atoms with van der Waals surface area (Å²) in [4.78, 5) is 6.36. The lowest BCUT2D eigenvalue weighted by atomic mass is 10.3. The third kappa shape index (κ3) is 2.09. The van der Waals surface area contributed by atoms with Crippen molar-refractivity contribution >= 4 is 34.1 Å². The molecule has 4 nitrogen and oxygen atoms in total. The molecule has 0 aromatic carbocycles. The van der Waals surface area contributed by atoms with E-state index in [1.807, 2.05) is 0 Å². The number of nitrogen functional groups attached to an aromatic ring is 1. The fourth-order valence-electron chi connectivity index (χ4n) is 1.50. The van der Waals surface area contributed by atoms with E-state index in [0.717, 1.165) is 35.6 Å². The Balaban J connectivity index is 2.24. The molecule has 1 aromatic rings. The minimum absolute atomic E-state index is 0.604. The summed E-state index contributed by atoms with van der Waals surface area (Å²) in [6.07, 6.45) is 1.78. The Morgan fingerprint density at radius 2 is 2.14 bits per heavy atom. The van der Waals surface area contributed by atoms with Crippen LogP contribution in [0.3, 0.4) is 0 Å². The van der Waals surface area contributed by atoms with Crippen LogP contribution < -0.4 is 10.6 Å². The van der Waals surface area contributed by atoms with Gasteiger partial charge in [-0.25, -0.2) is 4.98 Å². The van der Waals surface area contributed by atoms with Crippen molar-refractivity contribution < 1.29 is 4.74 Å². The molecule has 1 fully saturated rings. The molecule has 0 bridgehead atoms. The van der Waals surface area contributed by atoms with E-state index < -0.39 is 0 Å². The second-order valence-electron chi connectivity index (χ2n) is 3.16. The minimum atomic E-state index is 0.604. The van der Waals surface area contributed by atoms with Gasteiger partial charge < -0.3 is 15.4 Å². The molecule has 14 heavy (non-hydrogen) atoms. The first kappa shape index (κ1) is 9.97. The van der Waals surface area contributed by atoms with Gasteiger partial charge in [-0.2, -0.15) is 0 Å². The smallest absolute Gasteiger partial charge is 0.147 e. The summed E-state index contributed by atoms with van der Waals surface area (Å²) >= 11 is 2.24. The van der Waals surface area contributed by atoms with Crippen LogP contribution in [0.2, 0.25) is 0 Å². The van der Waals surface area contributed by atoms with E-state index in [0.29, 0.717) is 5.82 Å². The largest absolute Gasteiger partial charge is 0.382 e. The van der Waals surface area contributed by atoms with Crippen LogP contribution in [-0.4, -0.2) is 31.3 Å². The lowest BCUT2D eigenvalue weighted by Crippen LogP contribution is -2.36. The zero-order valence-electron chi connectivity index (χ0n) is 7.74. The molecule has 76 valence electrons. The zero-order chi connectivity index (χ0) is 9.97. The molecule has 0 saturated carbocycles. The normalized spacial score (nSPS) is 17.1. The van der Waals surface area contributed by atoms with Crippen LogP contribution in [0.1, 0.15) is 0 Å². The fraction of sp³-hybridized carbons (Fsp3) is 0.444. The van der Waals surface area contributed by atoms with Crippen LogP contribution in [0, 0.1) is 3.57 Å². The Morgan fingerprint density at radius 3 is 2.86 bits per heavy atom. The third-order valence-corrected chi connectivity index (χ3v) is 2.81. The number of hydrogen-bond acceptors (Lipinski definition) is 4. The standard InChI is InChI=1S/C9H12IN3O/c10-7-5-8(9(11)12-6-7)13-1-3-14-4-2-13/h5-6H,1-4H2,(H2,11,12). The predicted octanol–water partition coefficient (Wildman–Crippen LogP) is 1.10. The highest BCUT2D eigenvalue weighted by Gasteiger charge is 2.14. The summed E-state index contributed by atoms with van der Waals surface area (Å²) in [6.45, 7) is 3.33. The molecule has 0 unspecified atom stereocenters. The average molecular weight is 305 g/mol. The number of anilines is 2. The Bertz CT molecular complexity index is 326. The van der Waals surface area contributed by atoms with Gasteiger partial charge >= 0.3 is 0 Å². The molecule has 1 aliphatic heterocycles. The molecule has 0 spiro atoms. The molecule has 1 aliphatic rings. The highest BCUT2D eigenvalue weighted by molar-refractivity contribution is 14.1. The number of morpholine rings is 1. The Morgan fingerprint density at radius 1 is 1.43 bits per heavy atom. The lowest BCUT2D eigenvalue weighted by molar-refractivity contribution is 0.122. The van der Waals surface area contributed by atoms with Crippen molar-refractivity contribution in [3.8, 4) is 0 Å². The van der Waals surface area contributed by atoms with E-state index >= 15 is 0 Å². The molecule has 1 aromatic heterocycles. The van der Waals surface area contributed by atoms with Gasteiger partial charge in [0.2, 0.25) is 0 Å². The summed E-state index contributed by atoms with van der Waals surface area (Å²) in [6, 6.07) is 2.06. The van der Waals surface area contributed by atoms with E-state index in [2.05, 4.69) is 38.5 Å². The monoisotopic (exact) mass is 305 g/mol. The molecule has 0 atom stereocenters. The summed E-state index contributed by atoms with van der Waals surface area (Å²) in [5.41, 5.74) is 6.85. The second kappa shape index (κ2) is 4.31. The molecule has 5 heteroatoms. The quantitative estimate of drug-likeness (QED) is 0.790. The van der Waals surface area contributed by atoms with Gasteiger partial charge in [-0.3, -0.25) is 0 Å². The fourth-order valence-corrected chi connectivity index (χ4v) is 1.93. The van der Waals surface area contributed by atoms with Crippen LogP contribution in [0.4, 0.5) is 11.5 Å². The van der Waals surface area contributed by atoms with Crippen molar-refractivity contribution in [1.82, 2.24) is 4.98 Å². The predicted molar refractivity (Wildman–Crippen MR) is 64.4 cm³/mol. The number of aromatic nitrogens is 1.